The molecule has 252 valence electrons. The Hall–Kier alpha value is -3.12. The molecule has 0 amide bonds. The van der Waals surface area contributed by atoms with Crippen molar-refractivity contribution >= 4 is 0 Å². The minimum absolute atomic E-state index is 1.00. The van der Waals surface area contributed by atoms with Crippen LogP contribution in [0.2, 0.25) is 0 Å². The van der Waals surface area contributed by atoms with Gasteiger partial charge in [-0.3, -0.25) is 0 Å². The van der Waals surface area contributed by atoms with E-state index in [9.17, 15) is 0 Å². The summed E-state index contributed by atoms with van der Waals surface area (Å²) in [5.74, 6) is 0. The van der Waals surface area contributed by atoms with E-state index < -0.39 is 0 Å². The second-order valence-electron chi connectivity index (χ2n) is 15.1. The summed E-state index contributed by atoms with van der Waals surface area (Å²) in [6.07, 6.45) is 5.25. The van der Waals surface area contributed by atoms with E-state index in [1.54, 1.807) is 0 Å². The third-order valence-corrected chi connectivity index (χ3v) is 13.5. The van der Waals surface area contributed by atoms with Crippen molar-refractivity contribution < 1.29 is 0 Å². The van der Waals surface area contributed by atoms with Gasteiger partial charge in [-0.05, 0) is 276 Å². The SMILES string of the molecule is CCc1c(C)c(C)c(Cc2c(C)c(C)c(Cc3c(C)c(C)c(Cc4c(C)c(C)c(CC)c(C)c4C)c(C)c3C)c(C)c2C)c(C)c1C. The van der Waals surface area contributed by atoms with E-state index in [1.807, 2.05) is 0 Å². The van der Waals surface area contributed by atoms with Gasteiger partial charge in [0.15, 0.2) is 0 Å². The topological polar surface area (TPSA) is 0 Å². The molecule has 0 unspecified atom stereocenters. The first-order valence-electron chi connectivity index (χ1n) is 18.2. The lowest BCUT2D eigenvalue weighted by atomic mass is 9.78. The van der Waals surface area contributed by atoms with Gasteiger partial charge in [-0.1, -0.05) is 13.8 Å². The first-order chi connectivity index (χ1) is 21.9. The van der Waals surface area contributed by atoms with Crippen molar-refractivity contribution in [3.63, 3.8) is 0 Å². The normalized spacial score (nSPS) is 11.6. The molecule has 0 N–H and O–H groups in total. The largest absolute Gasteiger partial charge is 0.0613 e. The van der Waals surface area contributed by atoms with E-state index in [0.717, 1.165) is 32.1 Å². The van der Waals surface area contributed by atoms with E-state index in [-0.39, 0.29) is 0 Å². The molecule has 0 aliphatic heterocycles. The van der Waals surface area contributed by atoms with Crippen LogP contribution in [0.1, 0.15) is 147 Å². The molecule has 47 heavy (non-hydrogen) atoms. The van der Waals surface area contributed by atoms with Gasteiger partial charge in [0.2, 0.25) is 0 Å². The van der Waals surface area contributed by atoms with Gasteiger partial charge in [0.1, 0.15) is 0 Å². The molecule has 4 aromatic carbocycles. The Balaban J connectivity index is 1.80. The van der Waals surface area contributed by atoms with Gasteiger partial charge < -0.3 is 0 Å². The molecule has 0 bridgehead atoms. The lowest BCUT2D eigenvalue weighted by Crippen LogP contribution is -2.12. The highest BCUT2D eigenvalue weighted by atomic mass is 14.3. The van der Waals surface area contributed by atoms with Crippen LogP contribution in [0.5, 0.6) is 0 Å². The zero-order valence-corrected chi connectivity index (χ0v) is 33.5. The number of rotatable bonds is 8. The molecule has 0 aliphatic carbocycles. The van der Waals surface area contributed by atoms with E-state index in [2.05, 4.69) is 125 Å². The molecule has 4 rings (SSSR count). The lowest BCUT2D eigenvalue weighted by Gasteiger charge is -2.27. The molecule has 0 saturated carbocycles. The van der Waals surface area contributed by atoms with Crippen LogP contribution in [0.15, 0.2) is 0 Å². The van der Waals surface area contributed by atoms with Crippen molar-refractivity contribution in [3.8, 4) is 0 Å². The lowest BCUT2D eigenvalue weighted by molar-refractivity contribution is 0.967. The molecular weight excluding hydrogens is 565 g/mol. The first-order valence-corrected chi connectivity index (χ1v) is 18.2. The van der Waals surface area contributed by atoms with Crippen LogP contribution in [0.3, 0.4) is 0 Å². The summed E-state index contributed by atoms with van der Waals surface area (Å²) in [7, 11) is 0. The van der Waals surface area contributed by atoms with Gasteiger partial charge in [-0.2, -0.15) is 0 Å². The maximum absolute atomic E-state index is 2.38. The molecule has 0 radical (unpaired) electrons. The summed E-state index contributed by atoms with van der Waals surface area (Å²) in [5.41, 5.74) is 35.9. The van der Waals surface area contributed by atoms with Gasteiger partial charge in [0.05, 0.1) is 0 Å². The Morgan fingerprint density at radius 3 is 0.404 bits per heavy atom. The average molecular weight is 629 g/mol. The maximum atomic E-state index is 2.38. The van der Waals surface area contributed by atoms with Crippen LogP contribution in [-0.4, -0.2) is 0 Å². The molecular formula is C47H64. The zero-order valence-electron chi connectivity index (χ0n) is 33.5. The third-order valence-electron chi connectivity index (χ3n) is 13.5. The van der Waals surface area contributed by atoms with Gasteiger partial charge in [0, 0.05) is 0 Å². The van der Waals surface area contributed by atoms with Gasteiger partial charge in [0.25, 0.3) is 0 Å². The van der Waals surface area contributed by atoms with Crippen LogP contribution in [-0.2, 0) is 32.1 Å². The maximum Gasteiger partial charge on any atom is -0.00149 e. The summed E-state index contributed by atoms with van der Waals surface area (Å²) in [6, 6.07) is 0. The summed E-state index contributed by atoms with van der Waals surface area (Å²) in [5, 5.41) is 0. The van der Waals surface area contributed by atoms with Crippen molar-refractivity contribution in [1.82, 2.24) is 0 Å². The Bertz CT molecular complexity index is 1650. The van der Waals surface area contributed by atoms with Crippen molar-refractivity contribution in [2.45, 2.75) is 157 Å². The molecule has 0 saturated heterocycles. The highest BCUT2D eigenvalue weighted by Crippen LogP contribution is 2.37. The molecule has 0 fully saturated rings. The van der Waals surface area contributed by atoms with E-state index >= 15 is 0 Å². The number of hydrogen-bond acceptors (Lipinski definition) is 0. The Labute approximate surface area is 289 Å². The molecule has 4 aromatic rings. The minimum atomic E-state index is 1.00. The second-order valence-corrected chi connectivity index (χ2v) is 15.1. The van der Waals surface area contributed by atoms with Crippen LogP contribution in [0, 0.1) is 111 Å². The Morgan fingerprint density at radius 1 is 0.191 bits per heavy atom. The van der Waals surface area contributed by atoms with Crippen molar-refractivity contribution in [2.24, 2.45) is 0 Å². The van der Waals surface area contributed by atoms with E-state index in [4.69, 9.17) is 0 Å². The zero-order chi connectivity index (χ0) is 35.4. The quantitative estimate of drug-likeness (QED) is 0.182. The standard InChI is InChI=1S/C47H64/c1-19-40-24(3)28(7)42(29(8)25(40)4)21-44-32(11)36(15)46(37(16)33(44)12)23-47-38(17)34(13)45(35(14)39(47)18)22-43-30(9)26(5)41(20-2)27(6)31(43)10/h19-23H2,1-18H3. The van der Waals surface area contributed by atoms with Crippen LogP contribution in [0.4, 0.5) is 0 Å². The monoisotopic (exact) mass is 629 g/mol. The average Bonchev–Trinajstić information content (AvgIpc) is 3.04. The predicted molar refractivity (Wildman–Crippen MR) is 209 cm³/mol. The minimum Gasteiger partial charge on any atom is -0.0613 e. The van der Waals surface area contributed by atoms with Crippen molar-refractivity contribution in [3.05, 3.63) is 134 Å². The summed E-state index contributed by atoms with van der Waals surface area (Å²) < 4.78 is 0. The Morgan fingerprint density at radius 2 is 0.298 bits per heavy atom. The summed E-state index contributed by atoms with van der Waals surface area (Å²) >= 11 is 0. The van der Waals surface area contributed by atoms with Gasteiger partial charge >= 0.3 is 0 Å². The fraction of sp³-hybridized carbons (Fsp3) is 0.489. The summed E-state index contributed by atoms with van der Waals surface area (Å²) in [6.45, 7) is 42.3. The van der Waals surface area contributed by atoms with Crippen LogP contribution in [0.25, 0.3) is 0 Å². The fourth-order valence-electron chi connectivity index (χ4n) is 9.05. The second kappa shape index (κ2) is 13.8. The van der Waals surface area contributed by atoms with Crippen molar-refractivity contribution in [1.29, 1.82) is 0 Å². The molecule has 0 heterocycles. The smallest absolute Gasteiger partial charge is 0.00149 e. The van der Waals surface area contributed by atoms with Crippen LogP contribution < -0.4 is 0 Å². The van der Waals surface area contributed by atoms with Crippen molar-refractivity contribution in [2.75, 3.05) is 0 Å². The molecule has 0 atom stereocenters. The van der Waals surface area contributed by atoms with E-state index in [0.29, 0.717) is 0 Å². The first kappa shape index (κ1) is 36.7. The molecule has 0 aromatic heterocycles. The predicted octanol–water partition coefficient (Wildman–Crippen LogP) is 12.5. The van der Waals surface area contributed by atoms with Crippen LogP contribution >= 0.6 is 0 Å². The fourth-order valence-corrected chi connectivity index (χ4v) is 9.05. The molecule has 0 heteroatoms. The van der Waals surface area contributed by atoms with Gasteiger partial charge in [-0.25, -0.2) is 0 Å². The summed E-state index contributed by atoms with van der Waals surface area (Å²) in [4.78, 5) is 0. The van der Waals surface area contributed by atoms with Gasteiger partial charge in [-0.15, -0.1) is 0 Å². The molecule has 0 spiro atoms. The highest BCUT2D eigenvalue weighted by molar-refractivity contribution is 5.60. The van der Waals surface area contributed by atoms with E-state index in [1.165, 1.54) is 134 Å². The third kappa shape index (κ3) is 6.04. The number of benzene rings is 4. The number of hydrogen-bond donors (Lipinski definition) is 0. The Kier molecular flexibility index (Phi) is 10.8. The molecule has 0 nitrogen and oxygen atoms in total. The molecule has 0 aliphatic rings. The highest BCUT2D eigenvalue weighted by Gasteiger charge is 2.23.